The van der Waals surface area contributed by atoms with Gasteiger partial charge in [0, 0.05) is 23.9 Å². The topological polar surface area (TPSA) is 74.9 Å². The molecule has 4 N–H and O–H groups in total. The number of aliphatic hydroxyl groups excluding tert-OH is 1. The van der Waals surface area contributed by atoms with Gasteiger partial charge >= 0.3 is 0 Å². The Bertz CT molecular complexity index is 441. The molecular formula is C13H17N3O. The molecule has 1 aromatic carbocycles. The molecule has 90 valence electrons. The molecule has 0 radical (unpaired) electrons. The van der Waals surface area contributed by atoms with Crippen LogP contribution in [0.3, 0.4) is 0 Å². The molecule has 0 fully saturated rings. The second-order valence-electron chi connectivity index (χ2n) is 4.44. The fourth-order valence-electron chi connectivity index (χ4n) is 1.94. The quantitative estimate of drug-likeness (QED) is 0.715. The molecule has 0 bridgehead atoms. The van der Waals surface area contributed by atoms with Crippen molar-refractivity contribution in [3.8, 4) is 0 Å². The number of nitrogens with zero attached hydrogens (tertiary/aromatic N) is 1. The van der Waals surface area contributed by atoms with Gasteiger partial charge in [0.05, 0.1) is 12.9 Å². The minimum Gasteiger partial charge on any atom is -0.394 e. The summed E-state index contributed by atoms with van der Waals surface area (Å²) in [7, 11) is 0. The number of nitrogens with one attached hydrogen (secondary N) is 1. The molecule has 0 aliphatic heterocycles. The monoisotopic (exact) mass is 231 g/mol. The molecule has 0 saturated heterocycles. The number of H-pyrrole nitrogens is 1. The van der Waals surface area contributed by atoms with E-state index in [2.05, 4.69) is 9.97 Å². The molecule has 1 heterocycles. The van der Waals surface area contributed by atoms with Gasteiger partial charge in [-0.15, -0.1) is 0 Å². The zero-order chi connectivity index (χ0) is 12.1. The molecule has 0 spiro atoms. The summed E-state index contributed by atoms with van der Waals surface area (Å²) >= 11 is 0. The first-order valence-corrected chi connectivity index (χ1v) is 5.63. The second kappa shape index (κ2) is 5.12. The highest BCUT2D eigenvalue weighted by Gasteiger charge is 2.25. The van der Waals surface area contributed by atoms with Crippen LogP contribution >= 0.6 is 0 Å². The average molecular weight is 231 g/mol. The normalized spacial score (nSPS) is 14.5. The van der Waals surface area contributed by atoms with Gasteiger partial charge in [0.2, 0.25) is 0 Å². The lowest BCUT2D eigenvalue weighted by molar-refractivity contribution is 0.193. The number of imidazole rings is 1. The highest BCUT2D eigenvalue weighted by molar-refractivity contribution is 5.19. The van der Waals surface area contributed by atoms with Crippen molar-refractivity contribution in [3.05, 3.63) is 54.1 Å². The Balaban J connectivity index is 2.09. The number of hydrogen-bond acceptors (Lipinski definition) is 3. The molecule has 0 amide bonds. The third-order valence-corrected chi connectivity index (χ3v) is 2.81. The summed E-state index contributed by atoms with van der Waals surface area (Å²) in [5.41, 5.74) is 7.65. The van der Waals surface area contributed by atoms with E-state index in [1.165, 1.54) is 0 Å². The highest BCUT2D eigenvalue weighted by Crippen LogP contribution is 2.15. The number of nitrogens with two attached hydrogens (primary N) is 1. The minimum atomic E-state index is -0.645. The van der Waals surface area contributed by atoms with Crippen molar-refractivity contribution in [1.82, 2.24) is 9.97 Å². The van der Waals surface area contributed by atoms with Gasteiger partial charge in [0.15, 0.2) is 0 Å². The van der Waals surface area contributed by atoms with Gasteiger partial charge in [-0.1, -0.05) is 30.3 Å². The van der Waals surface area contributed by atoms with Gasteiger partial charge in [-0.05, 0) is 12.0 Å². The van der Waals surface area contributed by atoms with Crippen LogP contribution in [0.15, 0.2) is 42.9 Å². The van der Waals surface area contributed by atoms with Gasteiger partial charge in [-0.2, -0.15) is 0 Å². The first kappa shape index (κ1) is 11.8. The maximum absolute atomic E-state index is 9.49. The van der Waals surface area contributed by atoms with Crippen molar-refractivity contribution >= 4 is 0 Å². The van der Waals surface area contributed by atoms with E-state index in [0.29, 0.717) is 12.8 Å². The predicted octanol–water partition coefficient (Wildman–Crippen LogP) is 0.885. The molecule has 4 nitrogen and oxygen atoms in total. The molecule has 2 rings (SSSR count). The fourth-order valence-corrected chi connectivity index (χ4v) is 1.94. The van der Waals surface area contributed by atoms with Crippen molar-refractivity contribution in [3.63, 3.8) is 0 Å². The maximum Gasteiger partial charge on any atom is 0.0921 e. The number of benzene rings is 1. The van der Waals surface area contributed by atoms with Crippen LogP contribution in [0.1, 0.15) is 11.3 Å². The van der Waals surface area contributed by atoms with E-state index in [4.69, 9.17) is 5.73 Å². The zero-order valence-electron chi connectivity index (χ0n) is 9.63. The molecule has 1 aromatic heterocycles. The van der Waals surface area contributed by atoms with E-state index < -0.39 is 5.54 Å². The predicted molar refractivity (Wildman–Crippen MR) is 66.4 cm³/mol. The molecule has 0 unspecified atom stereocenters. The van der Waals surface area contributed by atoms with Crippen LogP contribution in [0.5, 0.6) is 0 Å². The largest absolute Gasteiger partial charge is 0.394 e. The summed E-state index contributed by atoms with van der Waals surface area (Å²) < 4.78 is 0. The molecule has 0 saturated carbocycles. The Morgan fingerprint density at radius 3 is 2.59 bits per heavy atom. The smallest absolute Gasteiger partial charge is 0.0921 e. The van der Waals surface area contributed by atoms with Gasteiger partial charge in [-0.25, -0.2) is 4.98 Å². The van der Waals surface area contributed by atoms with Crippen molar-refractivity contribution < 1.29 is 5.11 Å². The summed E-state index contributed by atoms with van der Waals surface area (Å²) in [6.45, 7) is -0.0546. The number of aromatic amines is 1. The lowest BCUT2D eigenvalue weighted by atomic mass is 9.88. The summed E-state index contributed by atoms with van der Waals surface area (Å²) in [5.74, 6) is 0. The Kier molecular flexibility index (Phi) is 3.56. The molecule has 0 aliphatic carbocycles. The third-order valence-electron chi connectivity index (χ3n) is 2.81. The van der Waals surface area contributed by atoms with Crippen molar-refractivity contribution in [2.45, 2.75) is 18.4 Å². The van der Waals surface area contributed by atoms with Gasteiger partial charge < -0.3 is 15.8 Å². The van der Waals surface area contributed by atoms with Crippen LogP contribution in [0.2, 0.25) is 0 Å². The van der Waals surface area contributed by atoms with E-state index in [-0.39, 0.29) is 6.61 Å². The molecule has 4 heteroatoms. The lowest BCUT2D eigenvalue weighted by Crippen LogP contribution is -2.48. The lowest BCUT2D eigenvalue weighted by Gasteiger charge is -2.26. The number of aromatic nitrogens is 2. The number of hydrogen-bond donors (Lipinski definition) is 3. The average Bonchev–Trinajstić information content (AvgIpc) is 2.83. The van der Waals surface area contributed by atoms with Crippen molar-refractivity contribution in [2.75, 3.05) is 6.61 Å². The van der Waals surface area contributed by atoms with Crippen molar-refractivity contribution in [1.29, 1.82) is 0 Å². The molecular weight excluding hydrogens is 214 g/mol. The Morgan fingerprint density at radius 1 is 1.24 bits per heavy atom. The van der Waals surface area contributed by atoms with Gasteiger partial charge in [-0.3, -0.25) is 0 Å². The standard InChI is InChI=1S/C13H17N3O/c14-13(9-17,7-12-8-15-10-16-12)6-11-4-2-1-3-5-11/h1-5,8,10,17H,6-7,9,14H2,(H,15,16)/t13-/m1/s1. The molecule has 1 atom stereocenters. The van der Waals surface area contributed by atoms with Crippen LogP contribution < -0.4 is 5.73 Å². The first-order chi connectivity index (χ1) is 8.22. The van der Waals surface area contributed by atoms with Crippen LogP contribution in [0, 0.1) is 0 Å². The summed E-state index contributed by atoms with van der Waals surface area (Å²) in [6.07, 6.45) is 4.58. The highest BCUT2D eigenvalue weighted by atomic mass is 16.3. The van der Waals surface area contributed by atoms with Crippen molar-refractivity contribution in [2.24, 2.45) is 5.73 Å². The third kappa shape index (κ3) is 3.15. The van der Waals surface area contributed by atoms with E-state index in [1.54, 1.807) is 12.5 Å². The summed E-state index contributed by atoms with van der Waals surface area (Å²) in [4.78, 5) is 6.97. The van der Waals surface area contributed by atoms with E-state index in [0.717, 1.165) is 11.3 Å². The van der Waals surface area contributed by atoms with Crippen LogP contribution in [-0.4, -0.2) is 27.2 Å². The molecule has 2 aromatic rings. The zero-order valence-corrected chi connectivity index (χ0v) is 9.63. The van der Waals surface area contributed by atoms with E-state index in [9.17, 15) is 5.11 Å². The maximum atomic E-state index is 9.49. The van der Waals surface area contributed by atoms with E-state index >= 15 is 0 Å². The second-order valence-corrected chi connectivity index (χ2v) is 4.44. The van der Waals surface area contributed by atoms with Gasteiger partial charge in [0.1, 0.15) is 0 Å². The van der Waals surface area contributed by atoms with Crippen LogP contribution in [0.4, 0.5) is 0 Å². The van der Waals surface area contributed by atoms with E-state index in [1.807, 2.05) is 30.3 Å². The molecule has 17 heavy (non-hydrogen) atoms. The first-order valence-electron chi connectivity index (χ1n) is 5.63. The summed E-state index contributed by atoms with van der Waals surface area (Å²) in [5, 5.41) is 9.49. The van der Waals surface area contributed by atoms with Crippen LogP contribution in [-0.2, 0) is 12.8 Å². The van der Waals surface area contributed by atoms with Crippen LogP contribution in [0.25, 0.3) is 0 Å². The fraction of sp³-hybridized carbons (Fsp3) is 0.308. The Morgan fingerprint density at radius 2 is 2.00 bits per heavy atom. The number of aliphatic hydroxyl groups is 1. The Labute approximate surface area is 101 Å². The van der Waals surface area contributed by atoms with Gasteiger partial charge in [0.25, 0.3) is 0 Å². The summed E-state index contributed by atoms with van der Waals surface area (Å²) in [6, 6.07) is 9.96. The Hall–Kier alpha value is -1.65. The molecule has 0 aliphatic rings. The minimum absolute atomic E-state index is 0.0546. The number of rotatable bonds is 5. The SMILES string of the molecule is N[C@](CO)(Cc1ccccc1)Cc1cnc[nH]1.